The van der Waals surface area contributed by atoms with Crippen molar-refractivity contribution in [1.82, 2.24) is 9.88 Å². The molecule has 8 heteroatoms. The highest BCUT2D eigenvalue weighted by Crippen LogP contribution is 2.41. The van der Waals surface area contributed by atoms with Gasteiger partial charge in [-0.15, -0.1) is 0 Å². The fourth-order valence-electron chi connectivity index (χ4n) is 4.29. The van der Waals surface area contributed by atoms with E-state index in [4.69, 9.17) is 14.2 Å². The Hall–Kier alpha value is -4.33. The van der Waals surface area contributed by atoms with Crippen LogP contribution in [0, 0.1) is 0 Å². The third kappa shape index (κ3) is 5.43. The number of methoxy groups -OCH3 is 2. The molecule has 1 atom stereocenters. The van der Waals surface area contributed by atoms with E-state index >= 15 is 0 Å². The number of carbonyl (C=O) groups excluding carboxylic acids is 2. The molecule has 1 amide bonds. The summed E-state index contributed by atoms with van der Waals surface area (Å²) in [6.07, 6.45) is 5.23. The van der Waals surface area contributed by atoms with Gasteiger partial charge in [-0.3, -0.25) is 14.6 Å². The van der Waals surface area contributed by atoms with Crippen LogP contribution in [0.3, 0.4) is 0 Å². The van der Waals surface area contributed by atoms with Gasteiger partial charge >= 0.3 is 0 Å². The van der Waals surface area contributed by atoms with Crippen LogP contribution >= 0.6 is 0 Å². The Balaban J connectivity index is 1.79. The minimum atomic E-state index is -0.800. The number of rotatable bonds is 10. The summed E-state index contributed by atoms with van der Waals surface area (Å²) in [7, 11) is 3.00. The number of benzene rings is 2. The molecule has 3 aromatic rings. The first-order chi connectivity index (χ1) is 18.0. The van der Waals surface area contributed by atoms with E-state index in [2.05, 4.69) is 11.9 Å². The lowest BCUT2D eigenvalue weighted by Crippen LogP contribution is -2.29. The van der Waals surface area contributed by atoms with Crippen LogP contribution in [-0.2, 0) is 16.1 Å². The number of Topliss-reactive ketones (excluding diaryl/α,β-unsaturated/α-hetero) is 1. The van der Waals surface area contributed by atoms with E-state index < -0.39 is 17.7 Å². The van der Waals surface area contributed by atoms with Gasteiger partial charge in [-0.1, -0.05) is 25.5 Å². The molecule has 1 N–H and O–H groups in total. The Bertz CT molecular complexity index is 1290. The summed E-state index contributed by atoms with van der Waals surface area (Å²) in [4.78, 5) is 32.1. The van der Waals surface area contributed by atoms with Crippen LogP contribution in [0.2, 0.25) is 0 Å². The first kappa shape index (κ1) is 25.8. The van der Waals surface area contributed by atoms with Gasteiger partial charge < -0.3 is 24.2 Å². The monoisotopic (exact) mass is 502 g/mol. The molecule has 0 saturated carbocycles. The number of carbonyl (C=O) groups is 2. The zero-order valence-electron chi connectivity index (χ0n) is 21.1. The summed E-state index contributed by atoms with van der Waals surface area (Å²) in [6.45, 7) is 2.88. The molecule has 0 spiro atoms. The molecular weight excluding hydrogens is 472 g/mol. The van der Waals surface area contributed by atoms with Crippen molar-refractivity contribution >= 4 is 17.4 Å². The SMILES string of the molecule is CCCCOc1ccc([C@@H]2C(=C(O)c3ccc(OC)c(OC)c3)C(=O)C(=O)N2Cc2ccncc2)cc1. The van der Waals surface area contributed by atoms with Crippen molar-refractivity contribution in [2.75, 3.05) is 20.8 Å². The predicted octanol–water partition coefficient (Wildman–Crippen LogP) is 4.90. The van der Waals surface area contributed by atoms with E-state index in [-0.39, 0.29) is 17.9 Å². The van der Waals surface area contributed by atoms with Gasteiger partial charge in [-0.25, -0.2) is 0 Å². The molecule has 1 saturated heterocycles. The normalized spacial score (nSPS) is 16.6. The summed E-state index contributed by atoms with van der Waals surface area (Å²) < 4.78 is 16.4. The van der Waals surface area contributed by atoms with E-state index in [0.717, 1.165) is 18.4 Å². The largest absolute Gasteiger partial charge is 0.507 e. The van der Waals surface area contributed by atoms with Crippen molar-refractivity contribution in [3.05, 3.63) is 89.3 Å². The van der Waals surface area contributed by atoms with Gasteiger partial charge in [-0.05, 0) is 60.0 Å². The number of unbranched alkanes of at least 4 members (excludes halogenated alkanes) is 1. The van der Waals surface area contributed by atoms with Crippen LogP contribution in [-0.4, -0.2) is 47.5 Å². The Labute approximate surface area is 216 Å². The number of aliphatic hydroxyl groups is 1. The van der Waals surface area contributed by atoms with Gasteiger partial charge in [-0.2, -0.15) is 0 Å². The van der Waals surface area contributed by atoms with Gasteiger partial charge in [0.1, 0.15) is 11.5 Å². The molecular formula is C29H30N2O6. The summed E-state index contributed by atoms with van der Waals surface area (Å²) in [5.74, 6) is -0.162. The molecule has 4 rings (SSSR count). The Morgan fingerprint density at radius 1 is 0.973 bits per heavy atom. The lowest BCUT2D eigenvalue weighted by molar-refractivity contribution is -0.140. The minimum Gasteiger partial charge on any atom is -0.507 e. The topological polar surface area (TPSA) is 98.2 Å². The Morgan fingerprint density at radius 2 is 1.68 bits per heavy atom. The second-order valence-electron chi connectivity index (χ2n) is 8.62. The van der Waals surface area contributed by atoms with Gasteiger partial charge in [0.05, 0.1) is 32.4 Å². The average Bonchev–Trinajstić information content (AvgIpc) is 3.18. The Morgan fingerprint density at radius 3 is 2.32 bits per heavy atom. The highest BCUT2D eigenvalue weighted by molar-refractivity contribution is 6.46. The number of pyridine rings is 1. The van der Waals surface area contributed by atoms with E-state index in [9.17, 15) is 14.7 Å². The van der Waals surface area contributed by atoms with Crippen LogP contribution in [0.1, 0.15) is 42.5 Å². The number of ether oxygens (including phenoxy) is 3. The quantitative estimate of drug-likeness (QED) is 0.182. The molecule has 2 heterocycles. The number of aliphatic hydroxyl groups excluding tert-OH is 1. The maximum Gasteiger partial charge on any atom is 0.295 e. The fourth-order valence-corrected chi connectivity index (χ4v) is 4.29. The smallest absolute Gasteiger partial charge is 0.295 e. The predicted molar refractivity (Wildman–Crippen MR) is 138 cm³/mol. The number of hydrogen-bond acceptors (Lipinski definition) is 7. The van der Waals surface area contributed by atoms with E-state index in [1.54, 1.807) is 42.7 Å². The van der Waals surface area contributed by atoms with Crippen LogP contribution in [0.4, 0.5) is 0 Å². The molecule has 37 heavy (non-hydrogen) atoms. The number of ketones is 1. The number of hydrogen-bond donors (Lipinski definition) is 1. The molecule has 1 aliphatic heterocycles. The molecule has 1 fully saturated rings. The van der Waals surface area contributed by atoms with Crippen molar-refractivity contribution in [2.24, 2.45) is 0 Å². The molecule has 192 valence electrons. The van der Waals surface area contributed by atoms with E-state index in [1.807, 2.05) is 24.3 Å². The highest BCUT2D eigenvalue weighted by atomic mass is 16.5. The van der Waals surface area contributed by atoms with Crippen LogP contribution in [0.5, 0.6) is 17.2 Å². The van der Waals surface area contributed by atoms with Crippen LogP contribution in [0.25, 0.3) is 5.76 Å². The van der Waals surface area contributed by atoms with Crippen molar-refractivity contribution in [3.8, 4) is 17.2 Å². The van der Waals surface area contributed by atoms with Crippen molar-refractivity contribution in [1.29, 1.82) is 0 Å². The third-order valence-electron chi connectivity index (χ3n) is 6.26. The summed E-state index contributed by atoms with van der Waals surface area (Å²) >= 11 is 0. The van der Waals surface area contributed by atoms with Gasteiger partial charge in [0.2, 0.25) is 0 Å². The molecule has 8 nitrogen and oxygen atoms in total. The molecule has 1 aliphatic rings. The number of aromatic nitrogens is 1. The second kappa shape index (κ2) is 11.6. The van der Waals surface area contributed by atoms with Gasteiger partial charge in [0.25, 0.3) is 11.7 Å². The molecule has 0 aliphatic carbocycles. The number of likely N-dealkylation sites (tertiary alicyclic amines) is 1. The van der Waals surface area contributed by atoms with Gasteiger partial charge in [0.15, 0.2) is 11.5 Å². The first-order valence-corrected chi connectivity index (χ1v) is 12.1. The summed E-state index contributed by atoms with van der Waals surface area (Å²) in [6, 6.07) is 14.9. The average molecular weight is 503 g/mol. The zero-order chi connectivity index (χ0) is 26.4. The van der Waals surface area contributed by atoms with Crippen molar-refractivity contribution in [2.45, 2.75) is 32.4 Å². The molecule has 0 unspecified atom stereocenters. The number of nitrogens with zero attached hydrogens (tertiary/aromatic N) is 2. The Kier molecular flexibility index (Phi) is 8.08. The molecule has 0 radical (unpaired) electrons. The molecule has 1 aromatic heterocycles. The van der Waals surface area contributed by atoms with Crippen LogP contribution < -0.4 is 14.2 Å². The maximum absolute atomic E-state index is 13.3. The lowest BCUT2D eigenvalue weighted by atomic mass is 9.95. The summed E-state index contributed by atoms with van der Waals surface area (Å²) in [5, 5.41) is 11.4. The third-order valence-corrected chi connectivity index (χ3v) is 6.26. The van der Waals surface area contributed by atoms with E-state index in [0.29, 0.717) is 35.0 Å². The van der Waals surface area contributed by atoms with E-state index in [1.165, 1.54) is 19.1 Å². The van der Waals surface area contributed by atoms with Gasteiger partial charge in [0, 0.05) is 24.5 Å². The second-order valence-corrected chi connectivity index (χ2v) is 8.62. The summed E-state index contributed by atoms with van der Waals surface area (Å²) in [5.41, 5.74) is 1.83. The molecule has 2 aromatic carbocycles. The number of amides is 1. The van der Waals surface area contributed by atoms with Crippen molar-refractivity contribution in [3.63, 3.8) is 0 Å². The standard InChI is InChI=1S/C29H30N2O6/c1-4-5-16-37-22-9-6-20(7-10-22)26-25(27(32)21-8-11-23(35-2)24(17-21)36-3)28(33)29(34)31(26)18-19-12-14-30-15-13-19/h6-15,17,26,32H,4-5,16,18H2,1-3H3/t26-/m1/s1. The fraction of sp³-hybridized carbons (Fsp3) is 0.276. The first-order valence-electron chi connectivity index (χ1n) is 12.1. The maximum atomic E-state index is 13.3. The zero-order valence-corrected chi connectivity index (χ0v) is 21.1. The van der Waals surface area contributed by atoms with Crippen molar-refractivity contribution < 1.29 is 28.9 Å². The van der Waals surface area contributed by atoms with Crippen LogP contribution in [0.15, 0.2) is 72.6 Å². The highest BCUT2D eigenvalue weighted by Gasteiger charge is 2.46. The molecule has 0 bridgehead atoms. The minimum absolute atomic E-state index is 0.00549. The lowest BCUT2D eigenvalue weighted by Gasteiger charge is -2.25.